The SMILES string of the molecule is COc1ccc(C=CC(=O)O)cc1COc1ncccn1. The molecule has 2 aromatic rings. The largest absolute Gasteiger partial charge is 0.496 e. The second-order valence-corrected chi connectivity index (χ2v) is 4.06. The maximum atomic E-state index is 10.5. The number of carboxylic acid groups (broad SMARTS) is 1. The van der Waals surface area contributed by atoms with Crippen LogP contribution in [0.3, 0.4) is 0 Å². The van der Waals surface area contributed by atoms with Crippen LogP contribution >= 0.6 is 0 Å². The lowest BCUT2D eigenvalue weighted by Gasteiger charge is -2.10. The third-order valence-electron chi connectivity index (χ3n) is 2.62. The minimum Gasteiger partial charge on any atom is -0.496 e. The molecule has 0 saturated carbocycles. The maximum Gasteiger partial charge on any atom is 0.328 e. The molecule has 0 amide bonds. The van der Waals surface area contributed by atoms with Crippen LogP contribution in [0.2, 0.25) is 0 Å². The summed E-state index contributed by atoms with van der Waals surface area (Å²) in [6, 6.07) is 7.28. The molecule has 0 saturated heterocycles. The number of aromatic nitrogens is 2. The molecule has 1 N–H and O–H groups in total. The lowest BCUT2D eigenvalue weighted by atomic mass is 10.1. The average Bonchev–Trinajstić information content (AvgIpc) is 2.52. The smallest absolute Gasteiger partial charge is 0.328 e. The molecule has 0 aliphatic carbocycles. The van der Waals surface area contributed by atoms with Gasteiger partial charge in [0.1, 0.15) is 12.4 Å². The number of ether oxygens (including phenoxy) is 2. The van der Waals surface area contributed by atoms with Gasteiger partial charge in [0.15, 0.2) is 0 Å². The van der Waals surface area contributed by atoms with Gasteiger partial charge in [0.2, 0.25) is 0 Å². The number of nitrogens with zero attached hydrogens (tertiary/aromatic N) is 2. The molecular formula is C15H14N2O4. The van der Waals surface area contributed by atoms with Crippen LogP contribution < -0.4 is 9.47 Å². The van der Waals surface area contributed by atoms with Crippen molar-refractivity contribution in [3.05, 3.63) is 53.9 Å². The Morgan fingerprint density at radius 2 is 2.10 bits per heavy atom. The minimum absolute atomic E-state index is 0.224. The summed E-state index contributed by atoms with van der Waals surface area (Å²) in [5.74, 6) is -0.347. The topological polar surface area (TPSA) is 81.5 Å². The predicted molar refractivity (Wildman–Crippen MR) is 76.0 cm³/mol. The number of hydrogen-bond acceptors (Lipinski definition) is 5. The van der Waals surface area contributed by atoms with Gasteiger partial charge >= 0.3 is 12.0 Å². The molecule has 0 aliphatic heterocycles. The van der Waals surface area contributed by atoms with Gasteiger partial charge < -0.3 is 14.6 Å². The van der Waals surface area contributed by atoms with Crippen molar-refractivity contribution in [1.29, 1.82) is 0 Å². The number of carboxylic acids is 1. The lowest BCUT2D eigenvalue weighted by Crippen LogP contribution is -2.01. The number of rotatable bonds is 6. The van der Waals surface area contributed by atoms with Gasteiger partial charge in [0, 0.05) is 24.0 Å². The van der Waals surface area contributed by atoms with Gasteiger partial charge in [0.05, 0.1) is 7.11 Å². The van der Waals surface area contributed by atoms with E-state index in [1.54, 1.807) is 43.8 Å². The Morgan fingerprint density at radius 1 is 1.33 bits per heavy atom. The first-order valence-electron chi connectivity index (χ1n) is 6.17. The van der Waals surface area contributed by atoms with Gasteiger partial charge in [-0.2, -0.15) is 0 Å². The molecule has 1 aromatic heterocycles. The summed E-state index contributed by atoms with van der Waals surface area (Å²) in [6.45, 7) is 0.224. The Labute approximate surface area is 121 Å². The van der Waals surface area contributed by atoms with E-state index in [-0.39, 0.29) is 12.6 Å². The molecule has 6 heteroatoms. The first-order valence-corrected chi connectivity index (χ1v) is 6.17. The van der Waals surface area contributed by atoms with Crippen LogP contribution in [0.25, 0.3) is 6.08 Å². The molecule has 2 rings (SSSR count). The third-order valence-corrected chi connectivity index (χ3v) is 2.62. The van der Waals surface area contributed by atoms with Gasteiger partial charge in [-0.3, -0.25) is 0 Å². The highest BCUT2D eigenvalue weighted by molar-refractivity contribution is 5.85. The molecule has 0 bridgehead atoms. The second-order valence-electron chi connectivity index (χ2n) is 4.06. The summed E-state index contributed by atoms with van der Waals surface area (Å²) in [6.07, 6.45) is 5.76. The Bertz CT molecular complexity index is 641. The standard InChI is InChI=1S/C15H14N2O4/c1-20-13-5-3-11(4-6-14(18)19)9-12(13)10-21-15-16-7-2-8-17-15/h2-9H,10H2,1H3,(H,18,19). The normalized spacial score (nSPS) is 10.5. The van der Waals surface area contributed by atoms with E-state index in [2.05, 4.69) is 9.97 Å². The van der Waals surface area contributed by atoms with Crippen molar-refractivity contribution in [3.63, 3.8) is 0 Å². The van der Waals surface area contributed by atoms with Gasteiger partial charge in [-0.1, -0.05) is 6.07 Å². The van der Waals surface area contributed by atoms with Crippen LogP contribution in [0.4, 0.5) is 0 Å². The van der Waals surface area contributed by atoms with E-state index in [9.17, 15) is 4.79 Å². The molecule has 1 heterocycles. The number of hydrogen-bond donors (Lipinski definition) is 1. The molecule has 0 spiro atoms. The molecule has 0 radical (unpaired) electrons. The van der Waals surface area contributed by atoms with E-state index in [1.165, 1.54) is 6.08 Å². The third kappa shape index (κ3) is 4.31. The fourth-order valence-electron chi connectivity index (χ4n) is 1.68. The van der Waals surface area contributed by atoms with Gasteiger partial charge in [-0.15, -0.1) is 0 Å². The summed E-state index contributed by atoms with van der Waals surface area (Å²) in [5.41, 5.74) is 1.52. The van der Waals surface area contributed by atoms with Crippen molar-refractivity contribution >= 4 is 12.0 Å². The Hall–Kier alpha value is -2.89. The first kappa shape index (κ1) is 14.5. The number of aliphatic carboxylic acids is 1. The summed E-state index contributed by atoms with van der Waals surface area (Å²) in [7, 11) is 1.56. The highest BCUT2D eigenvalue weighted by Crippen LogP contribution is 2.21. The van der Waals surface area contributed by atoms with Crippen molar-refractivity contribution in [2.75, 3.05) is 7.11 Å². The number of carbonyl (C=O) groups is 1. The van der Waals surface area contributed by atoms with Crippen molar-refractivity contribution in [1.82, 2.24) is 9.97 Å². The van der Waals surface area contributed by atoms with Crippen LogP contribution in [0.5, 0.6) is 11.8 Å². The van der Waals surface area contributed by atoms with E-state index in [0.717, 1.165) is 17.2 Å². The van der Waals surface area contributed by atoms with E-state index < -0.39 is 5.97 Å². The number of benzene rings is 1. The lowest BCUT2D eigenvalue weighted by molar-refractivity contribution is -0.131. The van der Waals surface area contributed by atoms with Crippen molar-refractivity contribution in [3.8, 4) is 11.8 Å². The molecule has 6 nitrogen and oxygen atoms in total. The van der Waals surface area contributed by atoms with Crippen LogP contribution in [0.15, 0.2) is 42.7 Å². The highest BCUT2D eigenvalue weighted by atomic mass is 16.5. The Balaban J connectivity index is 2.16. The van der Waals surface area contributed by atoms with Crippen molar-refractivity contribution < 1.29 is 19.4 Å². The van der Waals surface area contributed by atoms with Crippen LogP contribution in [-0.4, -0.2) is 28.2 Å². The molecule has 0 unspecified atom stereocenters. The second kappa shape index (κ2) is 7.04. The summed E-state index contributed by atoms with van der Waals surface area (Å²) >= 11 is 0. The maximum absolute atomic E-state index is 10.5. The Kier molecular flexibility index (Phi) is 4.87. The highest BCUT2D eigenvalue weighted by Gasteiger charge is 2.06. The van der Waals surface area contributed by atoms with Gasteiger partial charge in [0.25, 0.3) is 0 Å². The monoisotopic (exact) mass is 286 g/mol. The van der Waals surface area contributed by atoms with E-state index in [1.807, 2.05) is 0 Å². The van der Waals surface area contributed by atoms with Crippen molar-refractivity contribution in [2.24, 2.45) is 0 Å². The minimum atomic E-state index is -0.999. The van der Waals surface area contributed by atoms with Crippen LogP contribution in [-0.2, 0) is 11.4 Å². The van der Waals surface area contributed by atoms with E-state index in [4.69, 9.17) is 14.6 Å². The quantitative estimate of drug-likeness (QED) is 0.819. The first-order chi connectivity index (χ1) is 10.2. The van der Waals surface area contributed by atoms with Crippen LogP contribution in [0.1, 0.15) is 11.1 Å². The number of methoxy groups -OCH3 is 1. The zero-order valence-electron chi connectivity index (χ0n) is 11.4. The fourth-order valence-corrected chi connectivity index (χ4v) is 1.68. The molecule has 1 aromatic carbocycles. The predicted octanol–water partition coefficient (Wildman–Crippen LogP) is 2.16. The zero-order chi connectivity index (χ0) is 15.1. The summed E-state index contributed by atoms with van der Waals surface area (Å²) in [5, 5.41) is 8.64. The van der Waals surface area contributed by atoms with E-state index in [0.29, 0.717) is 5.75 Å². The zero-order valence-corrected chi connectivity index (χ0v) is 11.4. The molecular weight excluding hydrogens is 272 g/mol. The molecule has 108 valence electrons. The molecule has 0 aliphatic rings. The summed E-state index contributed by atoms with van der Waals surface area (Å²) in [4.78, 5) is 18.5. The van der Waals surface area contributed by atoms with E-state index >= 15 is 0 Å². The van der Waals surface area contributed by atoms with Gasteiger partial charge in [-0.25, -0.2) is 14.8 Å². The van der Waals surface area contributed by atoms with Crippen molar-refractivity contribution in [2.45, 2.75) is 6.61 Å². The fraction of sp³-hybridized carbons (Fsp3) is 0.133. The average molecular weight is 286 g/mol. The molecule has 0 fully saturated rings. The molecule has 0 atom stereocenters. The Morgan fingerprint density at radius 3 is 2.76 bits per heavy atom. The summed E-state index contributed by atoms with van der Waals surface area (Å²) < 4.78 is 10.7. The molecule has 21 heavy (non-hydrogen) atoms. The van der Waals surface area contributed by atoms with Crippen LogP contribution in [0, 0.1) is 0 Å². The van der Waals surface area contributed by atoms with Gasteiger partial charge in [-0.05, 0) is 29.8 Å².